The number of carbonyl (C=O) groups excluding carboxylic acids is 1. The fourth-order valence-electron chi connectivity index (χ4n) is 1.56. The predicted octanol–water partition coefficient (Wildman–Crippen LogP) is 3.45. The second-order valence-corrected chi connectivity index (χ2v) is 4.91. The van der Waals surface area contributed by atoms with Gasteiger partial charge < -0.3 is 9.84 Å². The highest BCUT2D eigenvalue weighted by Crippen LogP contribution is 2.21. The first-order valence-electron chi connectivity index (χ1n) is 5.81. The monoisotopic (exact) mass is 333 g/mol. The summed E-state index contributed by atoms with van der Waals surface area (Å²) in [5.74, 6) is -0.168. The van der Waals surface area contributed by atoms with Crippen LogP contribution in [-0.2, 0) is 0 Å². The van der Waals surface area contributed by atoms with Crippen molar-refractivity contribution in [3.63, 3.8) is 0 Å². The lowest BCUT2D eigenvalue weighted by Crippen LogP contribution is -1.99. The first-order valence-corrected chi connectivity index (χ1v) is 6.60. The number of pyridine rings is 1. The Hall–Kier alpha value is -2.14. The standard InChI is InChI=1S/C15H12BrNO3/c1-20-12-8-14(19)15(17-9-12)13(18)7-4-10-2-5-11(16)6-3-10/h2-9,19H,1H3/b7-4+. The van der Waals surface area contributed by atoms with Crippen LogP contribution >= 0.6 is 15.9 Å². The van der Waals surface area contributed by atoms with Crippen molar-refractivity contribution < 1.29 is 14.6 Å². The van der Waals surface area contributed by atoms with Gasteiger partial charge in [-0.1, -0.05) is 34.1 Å². The summed E-state index contributed by atoms with van der Waals surface area (Å²) in [6, 6.07) is 8.86. The zero-order valence-electron chi connectivity index (χ0n) is 10.7. The van der Waals surface area contributed by atoms with Crippen LogP contribution in [0.4, 0.5) is 0 Å². The van der Waals surface area contributed by atoms with E-state index >= 15 is 0 Å². The Morgan fingerprint density at radius 2 is 2.05 bits per heavy atom. The van der Waals surface area contributed by atoms with Gasteiger partial charge in [0, 0.05) is 10.5 Å². The third kappa shape index (κ3) is 3.45. The first-order chi connectivity index (χ1) is 9.60. The molecule has 0 radical (unpaired) electrons. The number of allylic oxidation sites excluding steroid dienone is 1. The molecule has 2 aromatic rings. The van der Waals surface area contributed by atoms with Gasteiger partial charge in [0.25, 0.3) is 0 Å². The van der Waals surface area contributed by atoms with Crippen LogP contribution < -0.4 is 4.74 Å². The third-order valence-corrected chi connectivity index (χ3v) is 3.14. The Morgan fingerprint density at radius 3 is 2.65 bits per heavy atom. The minimum Gasteiger partial charge on any atom is -0.505 e. The number of nitrogens with zero attached hydrogens (tertiary/aromatic N) is 1. The van der Waals surface area contributed by atoms with E-state index in [0.29, 0.717) is 5.75 Å². The average Bonchev–Trinajstić information content (AvgIpc) is 2.46. The molecule has 5 heteroatoms. The van der Waals surface area contributed by atoms with E-state index in [1.807, 2.05) is 24.3 Å². The number of halogens is 1. The average molecular weight is 334 g/mol. The van der Waals surface area contributed by atoms with Gasteiger partial charge in [-0.3, -0.25) is 4.79 Å². The molecule has 1 aromatic carbocycles. The molecular formula is C15H12BrNO3. The van der Waals surface area contributed by atoms with Crippen molar-refractivity contribution >= 4 is 27.8 Å². The van der Waals surface area contributed by atoms with Gasteiger partial charge >= 0.3 is 0 Å². The van der Waals surface area contributed by atoms with E-state index in [0.717, 1.165) is 10.0 Å². The minimum absolute atomic E-state index is 0.000776. The van der Waals surface area contributed by atoms with Gasteiger partial charge in [0.1, 0.15) is 11.5 Å². The molecule has 1 aromatic heterocycles. The van der Waals surface area contributed by atoms with E-state index in [1.165, 1.54) is 25.4 Å². The molecule has 0 unspecified atom stereocenters. The summed E-state index contributed by atoms with van der Waals surface area (Å²) in [4.78, 5) is 15.8. The summed E-state index contributed by atoms with van der Waals surface area (Å²) in [6.07, 6.45) is 4.43. The number of benzene rings is 1. The van der Waals surface area contributed by atoms with E-state index in [2.05, 4.69) is 20.9 Å². The van der Waals surface area contributed by atoms with Crippen LogP contribution in [0.3, 0.4) is 0 Å². The predicted molar refractivity (Wildman–Crippen MR) is 80.0 cm³/mol. The van der Waals surface area contributed by atoms with Crippen molar-refractivity contribution in [2.75, 3.05) is 7.11 Å². The number of methoxy groups -OCH3 is 1. The third-order valence-electron chi connectivity index (χ3n) is 2.61. The van der Waals surface area contributed by atoms with Gasteiger partial charge in [0.05, 0.1) is 13.3 Å². The fraction of sp³-hybridized carbons (Fsp3) is 0.0667. The van der Waals surface area contributed by atoms with Crippen molar-refractivity contribution in [2.45, 2.75) is 0 Å². The van der Waals surface area contributed by atoms with Gasteiger partial charge in [0.15, 0.2) is 5.69 Å². The molecule has 0 spiro atoms. The number of aromatic hydroxyl groups is 1. The maximum Gasteiger partial charge on any atom is 0.207 e. The van der Waals surface area contributed by atoms with Crippen LogP contribution in [0.2, 0.25) is 0 Å². The molecule has 0 bridgehead atoms. The molecule has 0 aliphatic carbocycles. The van der Waals surface area contributed by atoms with Crippen LogP contribution in [0.1, 0.15) is 16.1 Å². The highest BCUT2D eigenvalue weighted by Gasteiger charge is 2.11. The molecular weight excluding hydrogens is 322 g/mol. The van der Waals surface area contributed by atoms with Crippen molar-refractivity contribution in [1.82, 2.24) is 4.98 Å². The molecule has 0 aliphatic heterocycles. The minimum atomic E-state index is -0.368. The van der Waals surface area contributed by atoms with Crippen molar-refractivity contribution in [2.24, 2.45) is 0 Å². The first kappa shape index (κ1) is 14.3. The molecule has 4 nitrogen and oxygen atoms in total. The molecule has 0 atom stereocenters. The van der Waals surface area contributed by atoms with E-state index in [-0.39, 0.29) is 17.2 Å². The van der Waals surface area contributed by atoms with E-state index in [9.17, 15) is 9.90 Å². The quantitative estimate of drug-likeness (QED) is 0.687. The van der Waals surface area contributed by atoms with Gasteiger partial charge in [-0.15, -0.1) is 0 Å². The zero-order chi connectivity index (χ0) is 14.5. The number of carbonyl (C=O) groups is 1. The Labute approximate surface area is 124 Å². The smallest absolute Gasteiger partial charge is 0.207 e. The fourth-order valence-corrected chi connectivity index (χ4v) is 1.83. The topological polar surface area (TPSA) is 59.4 Å². The van der Waals surface area contributed by atoms with Crippen molar-refractivity contribution in [1.29, 1.82) is 0 Å². The maximum atomic E-state index is 11.9. The Morgan fingerprint density at radius 1 is 1.35 bits per heavy atom. The van der Waals surface area contributed by atoms with E-state index in [4.69, 9.17) is 4.74 Å². The highest BCUT2D eigenvalue weighted by molar-refractivity contribution is 9.10. The summed E-state index contributed by atoms with van der Waals surface area (Å²) >= 11 is 3.34. The van der Waals surface area contributed by atoms with Crippen LogP contribution in [0.15, 0.2) is 47.1 Å². The molecule has 1 heterocycles. The number of hydrogen-bond donors (Lipinski definition) is 1. The van der Waals surface area contributed by atoms with Crippen molar-refractivity contribution in [3.05, 3.63) is 58.3 Å². The van der Waals surface area contributed by atoms with Crippen LogP contribution in [-0.4, -0.2) is 23.0 Å². The summed E-state index contributed by atoms with van der Waals surface area (Å²) in [5, 5.41) is 9.72. The lowest BCUT2D eigenvalue weighted by atomic mass is 10.1. The van der Waals surface area contributed by atoms with Crippen LogP contribution in [0.25, 0.3) is 6.08 Å². The zero-order valence-corrected chi connectivity index (χ0v) is 12.3. The molecule has 0 saturated heterocycles. The molecule has 0 saturated carbocycles. The largest absolute Gasteiger partial charge is 0.505 e. The van der Waals surface area contributed by atoms with Gasteiger partial charge in [-0.2, -0.15) is 0 Å². The number of ether oxygens (including phenoxy) is 1. The second-order valence-electron chi connectivity index (χ2n) is 3.99. The van der Waals surface area contributed by atoms with Crippen molar-refractivity contribution in [3.8, 4) is 11.5 Å². The maximum absolute atomic E-state index is 11.9. The Kier molecular flexibility index (Phi) is 4.53. The molecule has 2 rings (SSSR count). The van der Waals surface area contributed by atoms with Gasteiger partial charge in [-0.25, -0.2) is 4.98 Å². The molecule has 102 valence electrons. The highest BCUT2D eigenvalue weighted by atomic mass is 79.9. The Bertz CT molecular complexity index is 651. The lowest BCUT2D eigenvalue weighted by molar-refractivity contribution is 0.104. The molecule has 20 heavy (non-hydrogen) atoms. The molecule has 0 aliphatic rings. The molecule has 0 amide bonds. The van der Waals surface area contributed by atoms with Gasteiger partial charge in [-0.05, 0) is 23.8 Å². The van der Waals surface area contributed by atoms with Gasteiger partial charge in [0.2, 0.25) is 5.78 Å². The Balaban J connectivity index is 2.17. The number of aromatic nitrogens is 1. The number of rotatable bonds is 4. The number of hydrogen-bond acceptors (Lipinski definition) is 4. The lowest BCUT2D eigenvalue weighted by Gasteiger charge is -2.02. The molecule has 0 fully saturated rings. The number of ketones is 1. The van der Waals surface area contributed by atoms with E-state index in [1.54, 1.807) is 6.08 Å². The second kappa shape index (κ2) is 6.34. The summed E-state index contributed by atoms with van der Waals surface area (Å²) in [7, 11) is 1.46. The summed E-state index contributed by atoms with van der Waals surface area (Å²) < 4.78 is 5.88. The molecule has 1 N–H and O–H groups in total. The van der Waals surface area contributed by atoms with E-state index < -0.39 is 0 Å². The van der Waals surface area contributed by atoms with Crippen LogP contribution in [0, 0.1) is 0 Å². The normalized spacial score (nSPS) is 10.7. The summed E-state index contributed by atoms with van der Waals surface area (Å²) in [6.45, 7) is 0. The van der Waals surface area contributed by atoms with Crippen LogP contribution in [0.5, 0.6) is 11.5 Å². The summed E-state index contributed by atoms with van der Waals surface area (Å²) in [5.41, 5.74) is 0.883. The SMILES string of the molecule is COc1cnc(C(=O)/C=C/c2ccc(Br)cc2)c(O)c1.